The van der Waals surface area contributed by atoms with E-state index in [1.807, 2.05) is 0 Å². The quantitative estimate of drug-likeness (QED) is 0.114. The number of alkyl halides is 12. The third-order valence-corrected chi connectivity index (χ3v) is 3.35. The first-order valence-corrected chi connectivity index (χ1v) is 7.23. The molecule has 0 bridgehead atoms. The lowest BCUT2D eigenvalue weighted by Gasteiger charge is -2.38. The van der Waals surface area contributed by atoms with Gasteiger partial charge in [0.25, 0.3) is 0 Å². The first-order chi connectivity index (χ1) is 12.4. The van der Waals surface area contributed by atoms with Crippen molar-refractivity contribution in [3.8, 4) is 0 Å². The second-order valence-corrected chi connectivity index (χ2v) is 5.51. The van der Waals surface area contributed by atoms with E-state index in [-0.39, 0.29) is 12.0 Å². The van der Waals surface area contributed by atoms with Crippen LogP contribution in [0.1, 0.15) is 6.42 Å². The molecule has 1 N–H and O–H groups in total. The second kappa shape index (κ2) is 9.12. The Bertz CT molecular complexity index is 529. The van der Waals surface area contributed by atoms with Gasteiger partial charge in [0.2, 0.25) is 0 Å². The molecule has 168 valence electrons. The molecule has 5 nitrogen and oxygen atoms in total. The number of halogens is 12. The molecule has 0 saturated heterocycles. The molecule has 0 radical (unpaired) electrons. The van der Waals surface area contributed by atoms with Crippen LogP contribution in [-0.2, 0) is 18.9 Å². The average Bonchev–Trinajstić information content (AvgIpc) is 2.56. The fraction of sp³-hybridized carbons (Fsp3) is 0.900. The normalized spacial score (nSPS) is 14.5. The first-order valence-electron chi connectivity index (χ1n) is 6.32. The Hall–Kier alpha value is -1.14. The lowest BCUT2D eigenvalue weighted by Crippen LogP contribution is -2.69. The number of carbonyl (C=O) groups is 1. The van der Waals surface area contributed by atoms with Crippen molar-refractivity contribution in [3.63, 3.8) is 0 Å². The first kappa shape index (κ1) is 26.9. The molecule has 0 atom stereocenters. The van der Waals surface area contributed by atoms with Gasteiger partial charge >= 0.3 is 42.0 Å². The van der Waals surface area contributed by atoms with Gasteiger partial charge in [-0.15, -0.1) is 4.33 Å². The van der Waals surface area contributed by atoms with E-state index in [9.17, 15) is 57.5 Å². The molecule has 0 fully saturated rings. The van der Waals surface area contributed by atoms with E-state index < -0.39 is 60.8 Å². The van der Waals surface area contributed by atoms with Gasteiger partial charge in [-0.05, 0) is 0 Å². The standard InChI is InChI=1S/C10H8F12O5S/c11-5(12)7(15,16)9(19,20)10(21,22)8(17,18)6(13,14)3-25-4(23)1-2-28-27-26-24/h5,24H,1-3H2. The van der Waals surface area contributed by atoms with Gasteiger partial charge in [0.15, 0.2) is 6.61 Å². The highest BCUT2D eigenvalue weighted by Gasteiger charge is 2.87. The van der Waals surface area contributed by atoms with Crippen molar-refractivity contribution in [1.82, 2.24) is 0 Å². The summed E-state index contributed by atoms with van der Waals surface area (Å²) in [6.07, 6.45) is -6.54. The van der Waals surface area contributed by atoms with Crippen LogP contribution in [-0.4, -0.2) is 59.6 Å². The highest BCUT2D eigenvalue weighted by atomic mass is 32.2. The Morgan fingerprint density at radius 3 is 1.82 bits per heavy atom. The lowest BCUT2D eigenvalue weighted by molar-refractivity contribution is -0.432. The Morgan fingerprint density at radius 1 is 0.893 bits per heavy atom. The van der Waals surface area contributed by atoms with Gasteiger partial charge in [0.1, 0.15) is 0 Å². The summed E-state index contributed by atoms with van der Waals surface area (Å²) in [5.41, 5.74) is 0. The highest BCUT2D eigenvalue weighted by Crippen LogP contribution is 2.58. The molecule has 0 unspecified atom stereocenters. The predicted octanol–water partition coefficient (Wildman–Crippen LogP) is 4.43. The molecule has 28 heavy (non-hydrogen) atoms. The van der Waals surface area contributed by atoms with E-state index in [0.29, 0.717) is 0 Å². The number of carbonyl (C=O) groups excluding carboxylic acids is 1. The molecular formula is C10H8F12O5S. The Labute approximate surface area is 150 Å². The van der Waals surface area contributed by atoms with E-state index in [1.54, 1.807) is 0 Å². The van der Waals surface area contributed by atoms with Crippen LogP contribution < -0.4 is 0 Å². The van der Waals surface area contributed by atoms with Gasteiger partial charge in [-0.1, -0.05) is 5.04 Å². The van der Waals surface area contributed by atoms with Crippen LogP contribution >= 0.6 is 12.0 Å². The minimum absolute atomic E-state index is 0.151. The second-order valence-electron chi connectivity index (χ2n) is 4.73. The maximum Gasteiger partial charge on any atom is 0.384 e. The van der Waals surface area contributed by atoms with Crippen molar-refractivity contribution >= 4 is 18.0 Å². The molecule has 0 aromatic carbocycles. The number of hydrogen-bond acceptors (Lipinski definition) is 6. The van der Waals surface area contributed by atoms with Gasteiger partial charge in [0.05, 0.1) is 6.42 Å². The van der Waals surface area contributed by atoms with Crippen molar-refractivity contribution in [1.29, 1.82) is 0 Å². The molecule has 0 spiro atoms. The van der Waals surface area contributed by atoms with Crippen LogP contribution in [0.4, 0.5) is 52.7 Å². The number of hydrogen-bond donors (Lipinski definition) is 1. The summed E-state index contributed by atoms with van der Waals surface area (Å²) in [5.74, 6) is -38.4. The minimum Gasteiger partial charge on any atom is -0.459 e. The summed E-state index contributed by atoms with van der Waals surface area (Å²) < 4.78 is 161. The van der Waals surface area contributed by atoms with E-state index in [2.05, 4.69) is 14.1 Å². The van der Waals surface area contributed by atoms with Gasteiger partial charge < -0.3 is 4.74 Å². The maximum atomic E-state index is 13.3. The molecule has 0 saturated carbocycles. The number of ether oxygens (including phenoxy) is 1. The van der Waals surface area contributed by atoms with Crippen LogP contribution in [0.5, 0.6) is 0 Å². The van der Waals surface area contributed by atoms with Gasteiger partial charge in [-0.2, -0.15) is 43.9 Å². The molecule has 18 heteroatoms. The van der Waals surface area contributed by atoms with Crippen LogP contribution in [0.15, 0.2) is 0 Å². The van der Waals surface area contributed by atoms with E-state index in [0.717, 1.165) is 0 Å². The molecule has 0 amide bonds. The van der Waals surface area contributed by atoms with Gasteiger partial charge in [-0.3, -0.25) is 4.79 Å². The summed E-state index contributed by atoms with van der Waals surface area (Å²) in [6.45, 7) is -2.98. The molecule has 0 heterocycles. The molecule has 0 aromatic rings. The molecular weight excluding hydrogens is 460 g/mol. The average molecular weight is 468 g/mol. The smallest absolute Gasteiger partial charge is 0.384 e. The Morgan fingerprint density at radius 2 is 1.39 bits per heavy atom. The van der Waals surface area contributed by atoms with E-state index >= 15 is 0 Å². The summed E-state index contributed by atoms with van der Waals surface area (Å²) >= 11 is 0.151. The third-order valence-electron chi connectivity index (χ3n) is 2.82. The van der Waals surface area contributed by atoms with Crippen molar-refractivity contribution in [3.05, 3.63) is 0 Å². The van der Waals surface area contributed by atoms with E-state index in [4.69, 9.17) is 5.26 Å². The monoisotopic (exact) mass is 468 g/mol. The molecule has 0 aliphatic rings. The summed E-state index contributed by atoms with van der Waals surface area (Å²) in [5, 5.41) is 10.7. The molecule has 0 aromatic heterocycles. The Balaban J connectivity index is 5.39. The van der Waals surface area contributed by atoms with Crippen molar-refractivity contribution in [2.75, 3.05) is 12.4 Å². The summed E-state index contributed by atoms with van der Waals surface area (Å²) in [6, 6.07) is 0. The summed E-state index contributed by atoms with van der Waals surface area (Å²) in [4.78, 5) is 10.9. The number of esters is 1. The summed E-state index contributed by atoms with van der Waals surface area (Å²) in [7, 11) is 0. The van der Waals surface area contributed by atoms with Crippen LogP contribution in [0.25, 0.3) is 0 Å². The van der Waals surface area contributed by atoms with Gasteiger partial charge in [-0.25, -0.2) is 14.0 Å². The zero-order valence-corrected chi connectivity index (χ0v) is 13.5. The zero-order valence-electron chi connectivity index (χ0n) is 12.7. The third kappa shape index (κ3) is 5.07. The fourth-order valence-electron chi connectivity index (χ4n) is 1.29. The molecule has 0 rings (SSSR count). The molecule has 0 aliphatic heterocycles. The zero-order chi connectivity index (χ0) is 22.6. The van der Waals surface area contributed by atoms with Crippen molar-refractivity contribution in [2.45, 2.75) is 42.5 Å². The number of rotatable bonds is 12. The predicted molar refractivity (Wildman–Crippen MR) is 63.6 cm³/mol. The lowest BCUT2D eigenvalue weighted by atomic mass is 9.94. The SMILES string of the molecule is O=C(CCSOOO)OCC(F)(F)C(F)(F)C(F)(F)C(F)(F)C(F)(F)C(F)F. The van der Waals surface area contributed by atoms with Gasteiger partial charge in [0, 0.05) is 17.8 Å². The fourth-order valence-corrected chi connectivity index (χ4v) is 1.65. The maximum absolute atomic E-state index is 13.3. The Kier molecular flexibility index (Phi) is 8.75. The van der Waals surface area contributed by atoms with Crippen LogP contribution in [0.3, 0.4) is 0 Å². The highest BCUT2D eigenvalue weighted by molar-refractivity contribution is 7.94. The van der Waals surface area contributed by atoms with Crippen LogP contribution in [0, 0.1) is 0 Å². The topological polar surface area (TPSA) is 65.0 Å². The van der Waals surface area contributed by atoms with Crippen LogP contribution in [0.2, 0.25) is 0 Å². The van der Waals surface area contributed by atoms with Crippen molar-refractivity contribution in [2.24, 2.45) is 0 Å². The molecule has 0 aliphatic carbocycles. The van der Waals surface area contributed by atoms with Crippen molar-refractivity contribution < 1.29 is 76.8 Å². The largest absolute Gasteiger partial charge is 0.459 e. The van der Waals surface area contributed by atoms with E-state index in [1.165, 1.54) is 0 Å². The minimum atomic E-state index is -7.68.